The maximum absolute atomic E-state index is 13.8. The van der Waals surface area contributed by atoms with Crippen LogP contribution in [0.5, 0.6) is 0 Å². The molecule has 0 saturated heterocycles. The molecule has 0 unspecified atom stereocenters. The van der Waals surface area contributed by atoms with Gasteiger partial charge in [-0.25, -0.2) is 4.79 Å². The Labute approximate surface area is 152 Å². The van der Waals surface area contributed by atoms with Gasteiger partial charge in [0, 0.05) is 11.8 Å². The summed E-state index contributed by atoms with van der Waals surface area (Å²) in [5.41, 5.74) is -2.68. The van der Waals surface area contributed by atoms with Crippen LogP contribution in [0.3, 0.4) is 0 Å². The minimum Gasteiger partial charge on any atom is -0.466 e. The molecular weight excluding hydrogens is 371 g/mol. The van der Waals surface area contributed by atoms with Gasteiger partial charge in [-0.2, -0.15) is 18.4 Å². The van der Waals surface area contributed by atoms with Crippen LogP contribution in [0.15, 0.2) is 0 Å². The molecule has 1 heterocycles. The molecule has 142 valence electrons. The summed E-state index contributed by atoms with van der Waals surface area (Å²) in [4.78, 5) is 24.2. The molecule has 0 radical (unpaired) electrons. The van der Waals surface area contributed by atoms with E-state index in [1.54, 1.807) is 5.32 Å². The van der Waals surface area contributed by atoms with E-state index in [9.17, 15) is 28.0 Å². The van der Waals surface area contributed by atoms with Crippen LogP contribution in [-0.2, 0) is 27.2 Å². The summed E-state index contributed by atoms with van der Waals surface area (Å²) in [6, 6.07) is 1.93. The van der Waals surface area contributed by atoms with E-state index in [0.717, 1.165) is 49.5 Å². The molecule has 0 spiro atoms. The third-order valence-electron chi connectivity index (χ3n) is 4.11. The first-order chi connectivity index (χ1) is 12.2. The average Bonchev–Trinajstić information content (AvgIpc) is 2.71. The van der Waals surface area contributed by atoms with E-state index in [-0.39, 0.29) is 10.6 Å². The zero-order valence-electron chi connectivity index (χ0n) is 14.2. The third-order valence-corrected chi connectivity index (χ3v) is 5.32. The number of rotatable bonds is 4. The normalized spacial score (nSPS) is 16.5. The summed E-state index contributed by atoms with van der Waals surface area (Å²) in [5, 5.41) is 13.1. The van der Waals surface area contributed by atoms with Gasteiger partial charge in [-0.15, -0.1) is 11.3 Å². The molecule has 1 aromatic rings. The van der Waals surface area contributed by atoms with E-state index in [1.807, 2.05) is 6.07 Å². The van der Waals surface area contributed by atoms with Crippen LogP contribution in [0, 0.1) is 11.3 Å². The van der Waals surface area contributed by atoms with Crippen molar-refractivity contribution in [2.24, 2.45) is 0 Å². The molecule has 1 aliphatic carbocycles. The second-order valence-corrected chi connectivity index (χ2v) is 7.03. The van der Waals surface area contributed by atoms with Crippen LogP contribution in [0.25, 0.3) is 0 Å². The number of carbonyl (C=O) groups excluding carboxylic acids is 2. The number of methoxy groups -OCH3 is 1. The van der Waals surface area contributed by atoms with Crippen molar-refractivity contribution in [2.75, 3.05) is 12.4 Å². The first kappa shape index (κ1) is 20.0. The van der Waals surface area contributed by atoms with Gasteiger partial charge in [-0.1, -0.05) is 6.42 Å². The minimum absolute atomic E-state index is 0.0785. The molecule has 10 heteroatoms. The summed E-state index contributed by atoms with van der Waals surface area (Å²) in [6.07, 6.45) is -1.24. The van der Waals surface area contributed by atoms with Crippen molar-refractivity contribution in [3.8, 4) is 6.07 Å². The zero-order chi connectivity index (χ0) is 19.5. The first-order valence-corrected chi connectivity index (χ1v) is 8.74. The number of alkyl halides is 3. The fourth-order valence-corrected chi connectivity index (χ4v) is 4.22. The predicted molar refractivity (Wildman–Crippen MR) is 88.5 cm³/mol. The van der Waals surface area contributed by atoms with E-state index < -0.39 is 23.7 Å². The Balaban J connectivity index is 2.57. The first-order valence-electron chi connectivity index (χ1n) is 7.93. The van der Waals surface area contributed by atoms with E-state index in [0.29, 0.717) is 18.4 Å². The van der Waals surface area contributed by atoms with Gasteiger partial charge in [0.1, 0.15) is 11.1 Å². The second-order valence-electron chi connectivity index (χ2n) is 5.93. The highest BCUT2D eigenvalue weighted by Crippen LogP contribution is 2.41. The van der Waals surface area contributed by atoms with Gasteiger partial charge in [0.05, 0.1) is 12.7 Å². The molecule has 2 rings (SSSR count). The molecule has 0 aromatic carbocycles. The van der Waals surface area contributed by atoms with Crippen LogP contribution in [-0.4, -0.2) is 30.8 Å². The van der Waals surface area contributed by atoms with Crippen molar-refractivity contribution in [1.82, 2.24) is 5.32 Å². The quantitative estimate of drug-likeness (QED) is 0.469. The van der Waals surface area contributed by atoms with Gasteiger partial charge in [0.15, 0.2) is 0 Å². The molecule has 0 bridgehead atoms. The number of thiophene rings is 1. The monoisotopic (exact) mass is 389 g/mol. The van der Waals surface area contributed by atoms with Crippen LogP contribution >= 0.6 is 11.3 Å². The van der Waals surface area contributed by atoms with Crippen molar-refractivity contribution in [3.05, 3.63) is 16.0 Å². The van der Waals surface area contributed by atoms with E-state index in [4.69, 9.17) is 0 Å². The summed E-state index contributed by atoms with van der Waals surface area (Å²) in [7, 11) is 0.793. The molecule has 1 amide bonds. The number of carbonyl (C=O) groups is 2. The van der Waals surface area contributed by atoms with Crippen LogP contribution in [0.2, 0.25) is 0 Å². The Morgan fingerprint density at radius 1 is 1.23 bits per heavy atom. The number of hydrogen-bond acceptors (Lipinski definition) is 6. The predicted octanol–water partition coefficient (Wildman–Crippen LogP) is 2.87. The molecule has 6 nitrogen and oxygen atoms in total. The van der Waals surface area contributed by atoms with Crippen molar-refractivity contribution in [1.29, 1.82) is 5.26 Å². The number of esters is 1. The molecule has 1 aromatic heterocycles. The fourth-order valence-electron chi connectivity index (χ4n) is 2.93. The van der Waals surface area contributed by atoms with Crippen LogP contribution in [0.4, 0.5) is 18.2 Å². The number of nitriles is 1. The largest absolute Gasteiger partial charge is 0.466 e. The highest BCUT2D eigenvalue weighted by Gasteiger charge is 2.63. The zero-order valence-corrected chi connectivity index (χ0v) is 15.1. The van der Waals surface area contributed by atoms with Gasteiger partial charge in [0.25, 0.3) is 0 Å². The molecule has 2 N–H and O–H groups in total. The number of nitrogens with one attached hydrogen (secondary N) is 2. The molecule has 1 aliphatic rings. The van der Waals surface area contributed by atoms with E-state index in [2.05, 4.69) is 10.1 Å². The lowest BCUT2D eigenvalue weighted by molar-refractivity contribution is -0.206. The lowest BCUT2D eigenvalue weighted by atomic mass is 10.1. The summed E-state index contributed by atoms with van der Waals surface area (Å²) in [5.74, 6) is -2.79. The number of ether oxygens (including phenoxy) is 1. The van der Waals surface area contributed by atoms with Crippen molar-refractivity contribution in [3.63, 3.8) is 0 Å². The molecule has 0 aliphatic heterocycles. The van der Waals surface area contributed by atoms with E-state index >= 15 is 0 Å². The summed E-state index contributed by atoms with van der Waals surface area (Å²) in [6.45, 7) is 0.861. The number of fused-ring (bicyclic) bond motifs is 1. The summed E-state index contributed by atoms with van der Waals surface area (Å²) < 4.78 is 45.7. The number of hydrogen-bond donors (Lipinski definition) is 2. The average molecular weight is 389 g/mol. The number of anilines is 1. The Hall–Kier alpha value is -2.28. The van der Waals surface area contributed by atoms with E-state index in [1.165, 1.54) is 0 Å². The second kappa shape index (κ2) is 7.53. The van der Waals surface area contributed by atoms with Gasteiger partial charge < -0.3 is 15.4 Å². The lowest BCUT2D eigenvalue weighted by Crippen LogP contribution is -2.69. The van der Waals surface area contributed by atoms with Crippen LogP contribution in [0.1, 0.15) is 42.2 Å². The minimum atomic E-state index is -5.19. The lowest BCUT2D eigenvalue weighted by Gasteiger charge is -2.34. The number of aryl methyl sites for hydroxylation is 1. The third kappa shape index (κ3) is 3.62. The Morgan fingerprint density at radius 2 is 1.88 bits per heavy atom. The molecule has 0 saturated carbocycles. The highest BCUT2D eigenvalue weighted by molar-refractivity contribution is 7.16. The standard InChI is InChI=1S/C16H18F3N3O3S/c1-9(23)21-15(14(24)25-2,16(17,18)19)22-13-11(8-20)10-6-4-3-5-7-12(10)26-13/h22H,3-7H2,1-2H3,(H,21,23)/t15-/m1/s1. The molecule has 0 fully saturated rings. The molecule has 1 atom stereocenters. The topological polar surface area (TPSA) is 91.2 Å². The maximum atomic E-state index is 13.8. The Morgan fingerprint density at radius 3 is 2.42 bits per heavy atom. The Bertz CT molecular complexity index is 754. The van der Waals surface area contributed by atoms with Gasteiger partial charge in [-0.3, -0.25) is 4.79 Å². The van der Waals surface area contributed by atoms with Crippen molar-refractivity contribution < 1.29 is 27.5 Å². The van der Waals surface area contributed by atoms with Gasteiger partial charge in [0.2, 0.25) is 5.91 Å². The van der Waals surface area contributed by atoms with Crippen molar-refractivity contribution in [2.45, 2.75) is 50.9 Å². The van der Waals surface area contributed by atoms with Gasteiger partial charge >= 0.3 is 17.8 Å². The SMILES string of the molecule is COC(=O)[C@@](NC(C)=O)(Nc1sc2c(c1C#N)CCCCC2)C(F)(F)F. The van der Waals surface area contributed by atoms with Crippen molar-refractivity contribution >= 4 is 28.2 Å². The van der Waals surface area contributed by atoms with Crippen LogP contribution < -0.4 is 10.6 Å². The highest BCUT2D eigenvalue weighted by atomic mass is 32.1. The van der Waals surface area contributed by atoms with Gasteiger partial charge in [-0.05, 0) is 31.2 Å². The summed E-state index contributed by atoms with van der Waals surface area (Å²) >= 11 is 1.01. The Kier molecular flexibility index (Phi) is 5.81. The molecule has 26 heavy (non-hydrogen) atoms. The number of amides is 1. The molecular formula is C16H18F3N3O3S. The maximum Gasteiger partial charge on any atom is 0.441 e. The smallest absolute Gasteiger partial charge is 0.441 e. The number of nitrogens with zero attached hydrogens (tertiary/aromatic N) is 1. The number of halogens is 3. The fraction of sp³-hybridized carbons (Fsp3) is 0.562.